The third-order valence-corrected chi connectivity index (χ3v) is 9.16. The lowest BCUT2D eigenvalue weighted by Gasteiger charge is -2.49. The first kappa shape index (κ1) is 39.6. The molecule has 0 aromatic carbocycles. The smallest absolute Gasteiger partial charge is 0.223 e. The van der Waals surface area contributed by atoms with E-state index in [2.05, 4.69) is 5.32 Å². The third kappa shape index (κ3) is 9.00. The Morgan fingerprint density at radius 3 is 1.71 bits per heavy atom. The van der Waals surface area contributed by atoms with E-state index >= 15 is 0 Å². The molecule has 8 unspecified atom stereocenters. The first-order chi connectivity index (χ1) is 22.3. The maximum atomic E-state index is 12.5. The van der Waals surface area contributed by atoms with Crippen LogP contribution in [0.25, 0.3) is 0 Å². The lowest BCUT2D eigenvalue weighted by molar-refractivity contribution is -0.381. The maximum Gasteiger partial charge on any atom is 0.223 e. The van der Waals surface area contributed by atoms with Gasteiger partial charge >= 0.3 is 0 Å². The minimum absolute atomic E-state index is 0.0246. The van der Waals surface area contributed by atoms with Gasteiger partial charge in [0.05, 0.1) is 48.6 Å². The molecule has 18 heteroatoms. The summed E-state index contributed by atoms with van der Waals surface area (Å²) in [6.07, 6.45) is -23.4. The van der Waals surface area contributed by atoms with Crippen LogP contribution in [-0.2, 0) is 42.7 Å². The summed E-state index contributed by atoms with van der Waals surface area (Å²) in [4.78, 5) is 12.5. The van der Waals surface area contributed by atoms with Gasteiger partial charge in [0.2, 0.25) is 5.91 Å². The number of aliphatic hydroxyl groups excluding tert-OH is 7. The molecular weight excluding hydrogens is 646 g/mol. The quantitative estimate of drug-likeness (QED) is 0.106. The van der Waals surface area contributed by atoms with Crippen molar-refractivity contribution < 1.29 is 83.5 Å². The van der Waals surface area contributed by atoms with Crippen LogP contribution in [0, 0.1) is 0 Å². The van der Waals surface area contributed by atoms with Crippen molar-refractivity contribution in [3.8, 4) is 0 Å². The molecule has 0 aromatic heterocycles. The van der Waals surface area contributed by atoms with Crippen LogP contribution in [0.3, 0.4) is 0 Å². The summed E-state index contributed by atoms with van der Waals surface area (Å²) in [5.41, 5.74) is -1.29. The zero-order valence-electron chi connectivity index (χ0n) is 28.1. The van der Waals surface area contributed by atoms with E-state index in [0.29, 0.717) is 0 Å². The molecule has 18 nitrogen and oxygen atoms in total. The molecule has 48 heavy (non-hydrogen) atoms. The molecule has 4 aliphatic heterocycles. The number of hydrogen-bond acceptors (Lipinski definition) is 17. The highest BCUT2D eigenvalue weighted by Gasteiger charge is 2.53. The number of methoxy groups -OCH3 is 1. The number of carbonyl (C=O) groups is 1. The summed E-state index contributed by atoms with van der Waals surface area (Å²) in [6.45, 7) is 9.05. The molecule has 0 aliphatic carbocycles. The standard InChI is InChI=1S/C30H53NO17/c1-10-14(32)8-15(26(39)42-10)46-27-21(37)23(18(34)12(3)44-27)47-28-22(38)24(19(35)13(4)45-28)48-29-25(41-7)20(36)17(11(2)43-29)31-16(33)9-30(5,6)40/h10-15,17-29,32,34-40H,8-9H2,1-7H3,(H,31,33)/t10?,11?,12?,13?,14-,15+,17-,18+,19+,20?,21+,22+,23?,24?,25+,26?,27+,28+,29+/m1/s1. The average Bonchev–Trinajstić information content (AvgIpc) is 2.98. The van der Waals surface area contributed by atoms with Gasteiger partial charge in [0.25, 0.3) is 0 Å². The van der Waals surface area contributed by atoms with Crippen LogP contribution in [0.5, 0.6) is 0 Å². The van der Waals surface area contributed by atoms with Gasteiger partial charge in [-0.3, -0.25) is 4.79 Å². The van der Waals surface area contributed by atoms with Gasteiger partial charge in [0.15, 0.2) is 25.2 Å². The normalized spacial score (nSPS) is 49.0. The van der Waals surface area contributed by atoms with E-state index < -0.39 is 128 Å². The Balaban J connectivity index is 1.45. The lowest BCUT2D eigenvalue weighted by atomic mass is 9.94. The second-order valence-corrected chi connectivity index (χ2v) is 13.8. The van der Waals surface area contributed by atoms with E-state index in [9.17, 15) is 45.6 Å². The van der Waals surface area contributed by atoms with Crippen LogP contribution in [0.2, 0.25) is 0 Å². The summed E-state index contributed by atoms with van der Waals surface area (Å²) in [7, 11) is 1.28. The molecule has 0 saturated carbocycles. The number of rotatable bonds is 10. The van der Waals surface area contributed by atoms with E-state index in [0.717, 1.165) is 0 Å². The van der Waals surface area contributed by atoms with Crippen LogP contribution >= 0.6 is 0 Å². The van der Waals surface area contributed by atoms with Gasteiger partial charge < -0.3 is 84.1 Å². The van der Waals surface area contributed by atoms with Gasteiger partial charge in [-0.2, -0.15) is 0 Å². The van der Waals surface area contributed by atoms with Gasteiger partial charge in [0, 0.05) is 13.5 Å². The Kier molecular flexibility index (Phi) is 13.2. The fourth-order valence-corrected chi connectivity index (χ4v) is 6.30. The molecule has 4 fully saturated rings. The number of nitrogens with one attached hydrogen (secondary N) is 1. The zero-order valence-corrected chi connectivity index (χ0v) is 28.1. The Bertz CT molecular complexity index is 1050. The Morgan fingerprint density at radius 1 is 0.688 bits per heavy atom. The molecule has 4 saturated heterocycles. The second-order valence-electron chi connectivity index (χ2n) is 13.8. The summed E-state index contributed by atoms with van der Waals surface area (Å²) in [6, 6.07) is -0.953. The van der Waals surface area contributed by atoms with Crippen molar-refractivity contribution in [1.29, 1.82) is 0 Å². The minimum Gasteiger partial charge on any atom is -0.390 e. The molecule has 4 heterocycles. The number of carbonyl (C=O) groups excluding carboxylic acids is 1. The molecule has 0 spiro atoms. The fourth-order valence-electron chi connectivity index (χ4n) is 6.30. The van der Waals surface area contributed by atoms with Gasteiger partial charge in [-0.1, -0.05) is 0 Å². The summed E-state index contributed by atoms with van der Waals surface area (Å²) >= 11 is 0. The largest absolute Gasteiger partial charge is 0.390 e. The first-order valence-electron chi connectivity index (χ1n) is 16.2. The number of aliphatic hydroxyl groups is 8. The van der Waals surface area contributed by atoms with Gasteiger partial charge in [-0.05, 0) is 41.5 Å². The molecule has 0 radical (unpaired) electrons. The highest BCUT2D eigenvalue weighted by molar-refractivity contribution is 5.77. The van der Waals surface area contributed by atoms with Crippen molar-refractivity contribution in [3.63, 3.8) is 0 Å². The van der Waals surface area contributed by atoms with Crippen molar-refractivity contribution in [1.82, 2.24) is 5.32 Å². The average molecular weight is 700 g/mol. The third-order valence-electron chi connectivity index (χ3n) is 9.16. The fraction of sp³-hybridized carbons (Fsp3) is 0.967. The molecule has 19 atom stereocenters. The predicted octanol–water partition coefficient (Wildman–Crippen LogP) is -3.67. The predicted molar refractivity (Wildman–Crippen MR) is 158 cm³/mol. The molecule has 4 rings (SSSR count). The SMILES string of the molecule is CO[C@H]1C(O)[C@H](NC(=O)CC(C)(C)O)C(C)O[C@H]1OC1[C@@H](O)C(C)O[C@@H](OC2[C@@H](O)C(C)O[C@@H](O[C@H]3C[C@@H](O)C(C)OC3O)[C@H]2O)[C@H]1O. The molecular formula is C30H53NO17. The van der Waals surface area contributed by atoms with Crippen molar-refractivity contribution in [2.24, 2.45) is 0 Å². The minimum atomic E-state index is -1.74. The van der Waals surface area contributed by atoms with Gasteiger partial charge in [-0.25, -0.2) is 0 Å². The Hall–Kier alpha value is -1.17. The number of amides is 1. The van der Waals surface area contributed by atoms with Crippen molar-refractivity contribution >= 4 is 5.91 Å². The lowest BCUT2D eigenvalue weighted by Crippen LogP contribution is -2.67. The maximum absolute atomic E-state index is 12.5. The van der Waals surface area contributed by atoms with E-state index in [4.69, 9.17) is 37.9 Å². The summed E-state index contributed by atoms with van der Waals surface area (Å²) in [5.74, 6) is -0.532. The first-order valence-corrected chi connectivity index (χ1v) is 16.2. The molecule has 280 valence electrons. The van der Waals surface area contributed by atoms with Crippen LogP contribution in [0.15, 0.2) is 0 Å². The van der Waals surface area contributed by atoms with Crippen LogP contribution in [0.1, 0.15) is 54.4 Å². The van der Waals surface area contributed by atoms with Gasteiger partial charge in [-0.15, -0.1) is 0 Å². The van der Waals surface area contributed by atoms with E-state index in [1.165, 1.54) is 34.8 Å². The van der Waals surface area contributed by atoms with Crippen LogP contribution < -0.4 is 5.32 Å². The molecule has 0 bridgehead atoms. The van der Waals surface area contributed by atoms with Gasteiger partial charge in [0.1, 0.15) is 54.9 Å². The van der Waals surface area contributed by atoms with Crippen molar-refractivity contribution in [2.45, 2.75) is 177 Å². The molecule has 4 aliphatic rings. The van der Waals surface area contributed by atoms with E-state index in [1.807, 2.05) is 0 Å². The molecule has 1 amide bonds. The number of hydrogen-bond donors (Lipinski definition) is 9. The van der Waals surface area contributed by atoms with E-state index in [1.54, 1.807) is 13.8 Å². The monoisotopic (exact) mass is 699 g/mol. The Labute approximate surface area is 278 Å². The summed E-state index contributed by atoms with van der Waals surface area (Å²) < 4.78 is 45.6. The second kappa shape index (κ2) is 16.0. The highest BCUT2D eigenvalue weighted by Crippen LogP contribution is 2.34. The molecule has 0 aromatic rings. The van der Waals surface area contributed by atoms with Crippen molar-refractivity contribution in [2.75, 3.05) is 7.11 Å². The van der Waals surface area contributed by atoms with Crippen LogP contribution in [-0.4, -0.2) is 176 Å². The molecule has 9 N–H and O–H groups in total. The van der Waals surface area contributed by atoms with Crippen molar-refractivity contribution in [3.05, 3.63) is 0 Å². The highest BCUT2D eigenvalue weighted by atomic mass is 16.8. The zero-order chi connectivity index (χ0) is 35.8. The van der Waals surface area contributed by atoms with E-state index in [-0.39, 0.29) is 12.8 Å². The topological polar surface area (TPSA) is 265 Å². The van der Waals surface area contributed by atoms with Crippen LogP contribution in [0.4, 0.5) is 0 Å². The number of ether oxygens (including phenoxy) is 8. The summed E-state index contributed by atoms with van der Waals surface area (Å²) in [5, 5.41) is 88.5. The Morgan fingerprint density at radius 2 is 1.19 bits per heavy atom.